The molecule has 1 atom stereocenters. The van der Waals surface area contributed by atoms with Gasteiger partial charge in [0.25, 0.3) is 17.4 Å². The van der Waals surface area contributed by atoms with Crippen molar-refractivity contribution < 1.29 is 50.1 Å². The van der Waals surface area contributed by atoms with Crippen LogP contribution < -0.4 is 15.6 Å². The number of alkyl halides is 3. The van der Waals surface area contributed by atoms with Crippen LogP contribution in [0.4, 0.5) is 23.2 Å². The fourth-order valence-corrected chi connectivity index (χ4v) is 8.28. The molecule has 19 heteroatoms. The van der Waals surface area contributed by atoms with E-state index in [2.05, 4.69) is 20.4 Å². The molecule has 6 rings (SSSR count). The lowest BCUT2D eigenvalue weighted by molar-refractivity contribution is -0.137. The standard InChI is InChI=1S/C42H40F4N6O8S/c1-41(56,40(55)48-29-8-7-28(25-47)35(24-29)42(44,45)46)26-61(57,58)31-11-9-30(10-12-31)60-21-20-59-19-18-51-14-16-52(17-15-51)39(54)34-22-27(6-13-36(34)43)23-37-32-4-2-3-5-33(32)38(53)50-49-37/h2-13,22,24,56H,14-21,23,26H2,1H3,(H,48,55)(H,50,53)/t41-/m0/s1. The van der Waals surface area contributed by atoms with Gasteiger partial charge >= 0.3 is 6.18 Å². The molecule has 61 heavy (non-hydrogen) atoms. The van der Waals surface area contributed by atoms with Crippen LogP contribution in [0.25, 0.3) is 10.8 Å². The van der Waals surface area contributed by atoms with Gasteiger partial charge in [0.2, 0.25) is 0 Å². The van der Waals surface area contributed by atoms with Gasteiger partial charge in [-0.25, -0.2) is 17.9 Å². The van der Waals surface area contributed by atoms with Gasteiger partial charge in [-0.2, -0.15) is 23.5 Å². The molecule has 0 bridgehead atoms. The molecule has 2 heterocycles. The van der Waals surface area contributed by atoms with E-state index in [4.69, 9.17) is 14.7 Å². The van der Waals surface area contributed by atoms with E-state index in [-0.39, 0.29) is 35.7 Å². The van der Waals surface area contributed by atoms with Crippen molar-refractivity contribution in [2.24, 2.45) is 0 Å². The van der Waals surface area contributed by atoms with E-state index < -0.39 is 61.8 Å². The number of amides is 2. The topological polar surface area (TPSA) is 195 Å². The van der Waals surface area contributed by atoms with Crippen molar-refractivity contribution in [1.29, 1.82) is 5.26 Å². The summed E-state index contributed by atoms with van der Waals surface area (Å²) in [6, 6.07) is 20.4. The van der Waals surface area contributed by atoms with Gasteiger partial charge in [-0.05, 0) is 73.2 Å². The number of aromatic amines is 1. The number of nitriles is 1. The summed E-state index contributed by atoms with van der Waals surface area (Å²) in [5.74, 6) is -3.08. The van der Waals surface area contributed by atoms with E-state index in [0.717, 1.165) is 19.1 Å². The van der Waals surface area contributed by atoms with Crippen LogP contribution in [0.5, 0.6) is 5.75 Å². The molecule has 1 fully saturated rings. The third-order valence-corrected chi connectivity index (χ3v) is 11.9. The Morgan fingerprint density at radius 3 is 2.34 bits per heavy atom. The fraction of sp³-hybridized carbons (Fsp3) is 0.310. The molecule has 0 spiro atoms. The quantitative estimate of drug-likeness (QED) is 0.0987. The molecule has 1 aliphatic rings. The van der Waals surface area contributed by atoms with Crippen molar-refractivity contribution in [3.8, 4) is 11.8 Å². The lowest BCUT2D eigenvalue weighted by Crippen LogP contribution is -2.49. The first kappa shape index (κ1) is 44.4. The average molecular weight is 865 g/mol. The largest absolute Gasteiger partial charge is 0.491 e. The highest BCUT2D eigenvalue weighted by atomic mass is 32.2. The average Bonchev–Trinajstić information content (AvgIpc) is 3.23. The second kappa shape index (κ2) is 18.6. The number of H-pyrrole nitrogens is 1. The van der Waals surface area contributed by atoms with Crippen molar-refractivity contribution in [2.45, 2.75) is 30.0 Å². The molecule has 0 aliphatic carbocycles. The summed E-state index contributed by atoms with van der Waals surface area (Å²) in [6.07, 6.45) is -4.60. The molecular formula is C42H40F4N6O8S. The minimum atomic E-state index is -4.89. The zero-order valence-corrected chi connectivity index (χ0v) is 33.5. The van der Waals surface area contributed by atoms with Crippen molar-refractivity contribution >= 4 is 38.1 Å². The Morgan fingerprint density at radius 2 is 1.66 bits per heavy atom. The fourth-order valence-electron chi connectivity index (χ4n) is 6.69. The number of anilines is 1. The zero-order valence-electron chi connectivity index (χ0n) is 32.7. The second-order valence-corrected chi connectivity index (χ2v) is 16.4. The van der Waals surface area contributed by atoms with Gasteiger partial charge in [0.1, 0.15) is 18.2 Å². The number of benzene rings is 4. The van der Waals surface area contributed by atoms with Gasteiger partial charge in [0.15, 0.2) is 15.4 Å². The number of hydrogen-bond donors (Lipinski definition) is 3. The van der Waals surface area contributed by atoms with Crippen LogP contribution in [-0.2, 0) is 32.0 Å². The number of aliphatic hydroxyl groups is 1. The normalized spacial score (nSPS) is 14.6. The molecule has 0 saturated carbocycles. The molecule has 4 aromatic carbocycles. The number of nitrogens with one attached hydrogen (secondary N) is 2. The summed E-state index contributed by atoms with van der Waals surface area (Å²) in [4.78, 5) is 41.8. The summed E-state index contributed by atoms with van der Waals surface area (Å²) in [6.45, 7) is 4.07. The number of halogens is 4. The minimum Gasteiger partial charge on any atom is -0.491 e. The molecular weight excluding hydrogens is 825 g/mol. The van der Waals surface area contributed by atoms with E-state index in [9.17, 15) is 45.5 Å². The number of piperazine rings is 1. The number of nitrogens with zero attached hydrogens (tertiary/aromatic N) is 4. The van der Waals surface area contributed by atoms with E-state index in [1.165, 1.54) is 42.5 Å². The maximum absolute atomic E-state index is 14.9. The summed E-state index contributed by atoms with van der Waals surface area (Å²) in [5, 5.41) is 29.6. The number of carbonyl (C=O) groups is 2. The van der Waals surface area contributed by atoms with Crippen molar-refractivity contribution in [1.82, 2.24) is 20.0 Å². The van der Waals surface area contributed by atoms with Crippen LogP contribution in [0.1, 0.15) is 39.7 Å². The number of rotatable bonds is 15. The van der Waals surface area contributed by atoms with Gasteiger partial charge < -0.3 is 24.8 Å². The molecule has 5 aromatic rings. The number of sulfone groups is 1. The molecule has 0 radical (unpaired) electrons. The highest BCUT2D eigenvalue weighted by Crippen LogP contribution is 2.34. The number of carbonyl (C=O) groups excluding carboxylic acids is 2. The Morgan fingerprint density at radius 1 is 0.951 bits per heavy atom. The predicted octanol–water partition coefficient (Wildman–Crippen LogP) is 4.56. The maximum atomic E-state index is 14.9. The van der Waals surface area contributed by atoms with Crippen LogP contribution in [0.3, 0.4) is 0 Å². The Labute approximate surface area is 347 Å². The van der Waals surface area contributed by atoms with Crippen molar-refractivity contribution in [3.63, 3.8) is 0 Å². The van der Waals surface area contributed by atoms with Gasteiger partial charge in [-0.15, -0.1) is 0 Å². The van der Waals surface area contributed by atoms with Gasteiger partial charge in [-0.1, -0.05) is 24.3 Å². The number of ether oxygens (including phenoxy) is 2. The van der Waals surface area contributed by atoms with Crippen LogP contribution in [0.15, 0.2) is 94.6 Å². The first-order valence-electron chi connectivity index (χ1n) is 18.9. The Balaban J connectivity index is 0.907. The number of fused-ring (bicyclic) bond motifs is 1. The Hall–Kier alpha value is -6.20. The lowest BCUT2D eigenvalue weighted by Gasteiger charge is -2.34. The van der Waals surface area contributed by atoms with Crippen LogP contribution >= 0.6 is 0 Å². The van der Waals surface area contributed by atoms with Crippen molar-refractivity contribution in [2.75, 3.05) is 63.6 Å². The minimum absolute atomic E-state index is 0.0372. The molecule has 0 unspecified atom stereocenters. The summed E-state index contributed by atoms with van der Waals surface area (Å²) in [7, 11) is -4.27. The SMILES string of the molecule is C[C@](O)(CS(=O)(=O)c1ccc(OCCOCCN2CCN(C(=O)c3cc(Cc4n[nH]c(=O)c5ccccc45)ccc3F)CC2)cc1)C(=O)Nc1ccc(C#N)c(C(F)(F)F)c1. The van der Waals surface area contributed by atoms with Crippen LogP contribution in [0, 0.1) is 17.1 Å². The zero-order chi connectivity index (χ0) is 44.0. The van der Waals surface area contributed by atoms with E-state index in [1.54, 1.807) is 35.2 Å². The van der Waals surface area contributed by atoms with Crippen LogP contribution in [-0.4, -0.2) is 109 Å². The van der Waals surface area contributed by atoms with Crippen LogP contribution in [0.2, 0.25) is 0 Å². The molecule has 1 aromatic heterocycles. The summed E-state index contributed by atoms with van der Waals surface area (Å²) >= 11 is 0. The monoisotopic (exact) mass is 864 g/mol. The summed E-state index contributed by atoms with van der Waals surface area (Å²) in [5.41, 5.74) is -3.98. The van der Waals surface area contributed by atoms with Gasteiger partial charge in [-0.3, -0.25) is 19.3 Å². The van der Waals surface area contributed by atoms with E-state index in [1.807, 2.05) is 0 Å². The third kappa shape index (κ3) is 11.0. The highest BCUT2D eigenvalue weighted by molar-refractivity contribution is 7.91. The summed E-state index contributed by atoms with van der Waals surface area (Å²) < 4.78 is 92.3. The molecule has 1 saturated heterocycles. The molecule has 2 amide bonds. The maximum Gasteiger partial charge on any atom is 0.417 e. The molecule has 3 N–H and O–H groups in total. The van der Waals surface area contributed by atoms with Gasteiger partial charge in [0, 0.05) is 50.2 Å². The molecule has 1 aliphatic heterocycles. The highest BCUT2D eigenvalue weighted by Gasteiger charge is 2.38. The number of hydrogen-bond acceptors (Lipinski definition) is 11. The number of aromatic nitrogens is 2. The third-order valence-electron chi connectivity index (χ3n) is 9.96. The predicted molar refractivity (Wildman–Crippen MR) is 214 cm³/mol. The second-order valence-electron chi connectivity index (χ2n) is 14.5. The lowest BCUT2D eigenvalue weighted by atomic mass is 10.0. The first-order chi connectivity index (χ1) is 28.9. The smallest absolute Gasteiger partial charge is 0.417 e. The Bertz CT molecular complexity index is 2620. The van der Waals surface area contributed by atoms with Gasteiger partial charge in [0.05, 0.1) is 57.7 Å². The first-order valence-corrected chi connectivity index (χ1v) is 20.6. The Kier molecular flexibility index (Phi) is 13.5. The molecule has 14 nitrogen and oxygen atoms in total. The van der Waals surface area contributed by atoms with E-state index >= 15 is 0 Å². The van der Waals surface area contributed by atoms with Crippen molar-refractivity contribution in [3.05, 3.63) is 129 Å². The van der Waals surface area contributed by atoms with E-state index in [0.29, 0.717) is 73.2 Å². The molecule has 320 valence electrons.